The van der Waals surface area contributed by atoms with Gasteiger partial charge in [-0.05, 0) is 12.8 Å². The second-order valence-electron chi connectivity index (χ2n) is 9.95. The Morgan fingerprint density at radius 3 is 1.41 bits per heavy atom. The van der Waals surface area contributed by atoms with Gasteiger partial charge in [0.25, 0.3) is 0 Å². The van der Waals surface area contributed by atoms with Crippen molar-refractivity contribution in [3.05, 3.63) is 76.5 Å². The Balaban J connectivity index is 0.000000534. The van der Waals surface area contributed by atoms with Gasteiger partial charge in [-0.1, -0.05) is 116 Å². The Labute approximate surface area is 209 Å². The van der Waals surface area contributed by atoms with Crippen molar-refractivity contribution in [2.45, 2.75) is 69.9 Å². The maximum Gasteiger partial charge on any atom is 3.00 e. The summed E-state index contributed by atoms with van der Waals surface area (Å²) in [6, 6.07) is 21.0. The molecule has 4 rings (SSSR count). The summed E-state index contributed by atoms with van der Waals surface area (Å²) in [4.78, 5) is 10.5. The second-order valence-corrected chi connectivity index (χ2v) is 18.4. The van der Waals surface area contributed by atoms with Gasteiger partial charge in [0, 0.05) is 13.2 Å². The van der Waals surface area contributed by atoms with Gasteiger partial charge in [-0.3, -0.25) is 0 Å². The van der Waals surface area contributed by atoms with Crippen molar-refractivity contribution in [3.63, 3.8) is 0 Å². The molecule has 2 aliphatic rings. The van der Waals surface area contributed by atoms with Crippen LogP contribution in [0.15, 0.2) is 60.7 Å². The van der Waals surface area contributed by atoms with Crippen molar-refractivity contribution in [2.24, 2.45) is 0 Å². The maximum atomic E-state index is 5.23. The third-order valence-corrected chi connectivity index (χ3v) is 13.3. The summed E-state index contributed by atoms with van der Waals surface area (Å²) in [5, 5.41) is 0. The minimum Gasteiger partial charge on any atom is -0.688 e. The minimum atomic E-state index is -1.72. The molecule has 2 atom stereocenters. The fourth-order valence-electron chi connectivity index (χ4n) is 5.19. The predicted molar refractivity (Wildman–Crippen MR) is 140 cm³/mol. The number of ether oxygens (including phenoxy) is 1. The summed E-state index contributed by atoms with van der Waals surface area (Å²) < 4.78 is 4.94. The van der Waals surface area contributed by atoms with Gasteiger partial charge >= 0.3 is 17.4 Å². The van der Waals surface area contributed by atoms with Crippen LogP contribution in [0.25, 0.3) is 9.96 Å². The van der Waals surface area contributed by atoms with E-state index in [4.69, 9.17) is 14.7 Å². The van der Waals surface area contributed by atoms with Crippen molar-refractivity contribution < 1.29 is 22.1 Å². The zero-order valence-electron chi connectivity index (χ0n) is 20.4. The summed E-state index contributed by atoms with van der Waals surface area (Å²) in [6.07, 6.45) is 5.12. The van der Waals surface area contributed by atoms with Gasteiger partial charge in [0.2, 0.25) is 0 Å². The van der Waals surface area contributed by atoms with Crippen molar-refractivity contribution in [1.82, 2.24) is 0 Å². The van der Waals surface area contributed by atoms with Crippen LogP contribution < -0.4 is 0 Å². The van der Waals surface area contributed by atoms with Crippen LogP contribution in [0.2, 0.25) is 37.3 Å². The van der Waals surface area contributed by atoms with Gasteiger partial charge in [0.15, 0.2) is 0 Å². The Morgan fingerprint density at radius 1 is 0.719 bits per heavy atom. The molecule has 1 saturated heterocycles. The minimum absolute atomic E-state index is 0. The first-order chi connectivity index (χ1) is 14.8. The Kier molecular flexibility index (Phi) is 10.6. The average Bonchev–Trinajstić information content (AvgIpc) is 3.42. The van der Waals surface area contributed by atoms with Crippen LogP contribution in [-0.4, -0.2) is 29.7 Å². The van der Waals surface area contributed by atoms with Crippen LogP contribution in [-0.2, 0) is 22.1 Å². The van der Waals surface area contributed by atoms with E-state index in [2.05, 4.69) is 93.8 Å². The zero-order chi connectivity index (χ0) is 22.3. The van der Waals surface area contributed by atoms with Crippen LogP contribution >= 0.6 is 0 Å². The van der Waals surface area contributed by atoms with Crippen molar-refractivity contribution in [3.8, 4) is 0 Å². The predicted octanol–water partition coefficient (Wildman–Crippen LogP) is 8.73. The Hall–Kier alpha value is -1.03. The van der Waals surface area contributed by atoms with Gasteiger partial charge in [-0.2, -0.15) is 18.0 Å². The molecular formula is C26H39CrN2OSi2. The molecule has 1 heterocycles. The van der Waals surface area contributed by atoms with Crippen molar-refractivity contribution in [1.29, 1.82) is 0 Å². The molecule has 2 unspecified atom stereocenters. The van der Waals surface area contributed by atoms with E-state index in [9.17, 15) is 0 Å². The number of rotatable bonds is 6. The summed E-state index contributed by atoms with van der Waals surface area (Å²) in [5.41, 5.74) is 3.63. The van der Waals surface area contributed by atoms with E-state index in [1.807, 2.05) is 0 Å². The molecule has 0 bridgehead atoms. The molecule has 0 spiro atoms. The second kappa shape index (κ2) is 12.4. The monoisotopic (exact) mass is 503 g/mol. The summed E-state index contributed by atoms with van der Waals surface area (Å²) in [7, 11) is -3.44. The van der Waals surface area contributed by atoms with E-state index in [-0.39, 0.29) is 17.4 Å². The smallest absolute Gasteiger partial charge is 0.688 e. The molecule has 173 valence electrons. The molecule has 32 heavy (non-hydrogen) atoms. The molecule has 1 aliphatic carbocycles. The zero-order valence-corrected chi connectivity index (χ0v) is 23.7. The van der Waals surface area contributed by atoms with Crippen LogP contribution in [0.3, 0.4) is 0 Å². The maximum absolute atomic E-state index is 5.23. The van der Waals surface area contributed by atoms with Gasteiger partial charge in [0.1, 0.15) is 0 Å². The largest absolute Gasteiger partial charge is 3.00 e. The van der Waals surface area contributed by atoms with Crippen molar-refractivity contribution >= 4 is 27.8 Å². The van der Waals surface area contributed by atoms with Gasteiger partial charge in [-0.15, -0.1) is 11.4 Å². The Bertz CT molecular complexity index is 716. The Morgan fingerprint density at radius 2 is 1.09 bits per heavy atom. The SMILES string of the molecule is C1CCOC1.C[C-]1C([Si](C)(C)[N-]c2ccccc2)CCC1[Si](C)(C)[N-]c1ccccc1.[Cr+3]. The molecule has 2 aromatic rings. The molecule has 2 aromatic carbocycles. The molecule has 1 aliphatic heterocycles. The summed E-state index contributed by atoms with van der Waals surface area (Å²) >= 11 is 0. The molecular weight excluding hydrogens is 464 g/mol. The van der Waals surface area contributed by atoms with Gasteiger partial charge < -0.3 is 20.6 Å². The normalized spacial score (nSPS) is 21.3. The molecule has 2 fully saturated rings. The summed E-state index contributed by atoms with van der Waals surface area (Å²) in [6.45, 7) is 14.1. The van der Waals surface area contributed by atoms with E-state index >= 15 is 0 Å². The number of hydrogen-bond acceptors (Lipinski definition) is 1. The molecule has 3 nitrogen and oxygen atoms in total. The number of nitrogens with zero attached hydrogens (tertiary/aromatic N) is 2. The van der Waals surface area contributed by atoms with E-state index in [0.717, 1.165) is 24.6 Å². The number of benzene rings is 2. The fourth-order valence-corrected chi connectivity index (χ4v) is 11.7. The molecule has 1 saturated carbocycles. The topological polar surface area (TPSA) is 37.4 Å². The van der Waals surface area contributed by atoms with Crippen LogP contribution in [0.4, 0.5) is 11.4 Å². The van der Waals surface area contributed by atoms with E-state index in [0.29, 0.717) is 11.1 Å². The number of hydrogen-bond donors (Lipinski definition) is 0. The van der Waals surface area contributed by atoms with Crippen molar-refractivity contribution in [2.75, 3.05) is 13.2 Å². The fraction of sp³-hybridized carbons (Fsp3) is 0.500. The molecule has 1 radical (unpaired) electrons. The third kappa shape index (κ3) is 7.50. The first-order valence-electron chi connectivity index (χ1n) is 11.8. The molecule has 6 heteroatoms. The van der Waals surface area contributed by atoms with Gasteiger partial charge in [0.05, 0.1) is 0 Å². The van der Waals surface area contributed by atoms with Crippen LogP contribution in [0.1, 0.15) is 32.6 Å². The van der Waals surface area contributed by atoms with Crippen LogP contribution in [0.5, 0.6) is 0 Å². The van der Waals surface area contributed by atoms with E-state index in [1.165, 1.54) is 25.7 Å². The molecule has 0 amide bonds. The summed E-state index contributed by atoms with van der Waals surface area (Å²) in [5.74, 6) is 1.68. The first-order valence-corrected chi connectivity index (χ1v) is 17.8. The first kappa shape index (κ1) is 27.2. The molecule has 0 N–H and O–H groups in total. The molecule has 0 aromatic heterocycles. The standard InChI is InChI=1S/C22H31N2Si2.C4H8O.Cr/c1-18-21(25(2,3)23-19-12-8-6-9-13-19)16-17-22(18)26(4,5)24-20-14-10-7-11-15-20;1-2-4-5-3-1;/h6-15,21-22H,16-17H2,1-5H3;1-4H2;/q-3;;+3. The van der Waals surface area contributed by atoms with Crippen LogP contribution in [0, 0.1) is 5.92 Å². The average molecular weight is 504 g/mol. The third-order valence-electron chi connectivity index (χ3n) is 6.72. The van der Waals surface area contributed by atoms with Gasteiger partial charge in [-0.25, -0.2) is 0 Å². The van der Waals surface area contributed by atoms with E-state index < -0.39 is 16.5 Å². The van der Waals surface area contributed by atoms with E-state index in [1.54, 1.807) is 5.92 Å². The quantitative estimate of drug-likeness (QED) is 0.287.